The molecule has 8 heteroatoms. The zero-order valence-corrected chi connectivity index (χ0v) is 13.8. The number of hydrogen-bond donors (Lipinski definition) is 1. The highest BCUT2D eigenvalue weighted by molar-refractivity contribution is 6.32. The van der Waals surface area contributed by atoms with E-state index in [1.165, 1.54) is 12.1 Å². The Bertz CT molecular complexity index is 738. The molecular weight excluding hydrogens is 357 g/mol. The summed E-state index contributed by atoms with van der Waals surface area (Å²) in [5.41, 5.74) is 7.03. The highest BCUT2D eigenvalue weighted by Gasteiger charge is 2.31. The lowest BCUT2D eigenvalue weighted by atomic mass is 10.3. The van der Waals surface area contributed by atoms with E-state index in [9.17, 15) is 13.2 Å². The summed E-state index contributed by atoms with van der Waals surface area (Å²) in [7, 11) is 0. The van der Waals surface area contributed by atoms with Crippen molar-refractivity contribution in [2.75, 3.05) is 23.7 Å². The van der Waals surface area contributed by atoms with Crippen LogP contribution in [0.15, 0.2) is 42.5 Å². The van der Waals surface area contributed by atoms with Crippen molar-refractivity contribution < 1.29 is 22.6 Å². The highest BCUT2D eigenvalue weighted by atomic mass is 35.5. The van der Waals surface area contributed by atoms with Gasteiger partial charge < -0.3 is 20.1 Å². The summed E-state index contributed by atoms with van der Waals surface area (Å²) in [5.74, 6) is 0.327. The molecule has 2 aromatic carbocycles. The number of anilines is 2. The molecule has 1 heterocycles. The fourth-order valence-electron chi connectivity index (χ4n) is 2.71. The topological polar surface area (TPSA) is 47.7 Å². The van der Waals surface area contributed by atoms with Gasteiger partial charge in [-0.25, -0.2) is 0 Å². The maximum atomic E-state index is 12.2. The molecule has 134 valence electrons. The number of nitrogens with two attached hydrogens (primary N) is 1. The number of halogens is 4. The summed E-state index contributed by atoms with van der Waals surface area (Å²) in [5, 5.41) is 0.451. The Morgan fingerprint density at radius 2 is 1.84 bits per heavy atom. The first-order valence-corrected chi connectivity index (χ1v) is 8.00. The molecule has 2 N–H and O–H groups in total. The monoisotopic (exact) mass is 372 g/mol. The van der Waals surface area contributed by atoms with Crippen molar-refractivity contribution in [2.45, 2.75) is 18.9 Å². The van der Waals surface area contributed by atoms with Crippen LogP contribution in [0.25, 0.3) is 0 Å². The Labute approximate surface area is 147 Å². The first kappa shape index (κ1) is 17.5. The summed E-state index contributed by atoms with van der Waals surface area (Å²) < 4.78 is 46.3. The minimum atomic E-state index is -4.69. The van der Waals surface area contributed by atoms with Gasteiger partial charge in [-0.15, -0.1) is 13.2 Å². The van der Waals surface area contributed by atoms with Crippen molar-refractivity contribution in [1.29, 1.82) is 0 Å². The molecule has 0 spiro atoms. The average Bonchev–Trinajstić information content (AvgIpc) is 2.98. The van der Waals surface area contributed by atoms with E-state index in [0.29, 0.717) is 23.0 Å². The number of benzene rings is 2. The lowest BCUT2D eigenvalue weighted by Crippen LogP contribution is -2.24. The van der Waals surface area contributed by atoms with Crippen LogP contribution >= 0.6 is 11.6 Å². The van der Waals surface area contributed by atoms with Crippen molar-refractivity contribution in [1.82, 2.24) is 0 Å². The molecule has 2 aromatic rings. The van der Waals surface area contributed by atoms with E-state index in [4.69, 9.17) is 22.1 Å². The number of alkyl halides is 3. The van der Waals surface area contributed by atoms with E-state index in [1.54, 1.807) is 30.3 Å². The summed E-state index contributed by atoms with van der Waals surface area (Å²) >= 11 is 6.11. The lowest BCUT2D eigenvalue weighted by Gasteiger charge is -2.20. The molecule has 1 atom stereocenters. The molecular formula is C17H16ClF3N2O2. The molecule has 1 aliphatic heterocycles. The fraction of sp³-hybridized carbons (Fsp3) is 0.294. The third kappa shape index (κ3) is 4.63. The molecule has 0 radical (unpaired) electrons. The molecule has 0 amide bonds. The van der Waals surface area contributed by atoms with Gasteiger partial charge in [0.05, 0.1) is 11.6 Å². The molecule has 0 saturated carbocycles. The van der Waals surface area contributed by atoms with Crippen LogP contribution in [-0.4, -0.2) is 25.6 Å². The van der Waals surface area contributed by atoms with E-state index < -0.39 is 6.36 Å². The van der Waals surface area contributed by atoms with E-state index in [-0.39, 0.29) is 11.9 Å². The first-order valence-electron chi connectivity index (χ1n) is 7.62. The molecule has 1 saturated heterocycles. The average molecular weight is 373 g/mol. The van der Waals surface area contributed by atoms with Crippen molar-refractivity contribution in [3.05, 3.63) is 47.5 Å². The van der Waals surface area contributed by atoms with Crippen LogP contribution in [0.2, 0.25) is 5.02 Å². The van der Waals surface area contributed by atoms with Gasteiger partial charge in [0.2, 0.25) is 0 Å². The predicted octanol–water partition coefficient (Wildman–Crippen LogP) is 4.48. The van der Waals surface area contributed by atoms with Gasteiger partial charge in [0.25, 0.3) is 0 Å². The molecule has 1 unspecified atom stereocenters. The summed E-state index contributed by atoms with van der Waals surface area (Å²) in [6.07, 6.45) is -3.97. The second-order valence-corrected chi connectivity index (χ2v) is 6.11. The van der Waals surface area contributed by atoms with E-state index >= 15 is 0 Å². The Morgan fingerprint density at radius 3 is 2.48 bits per heavy atom. The summed E-state index contributed by atoms with van der Waals surface area (Å²) in [4.78, 5) is 2.03. The second kappa shape index (κ2) is 6.92. The maximum Gasteiger partial charge on any atom is 0.573 e. The molecule has 0 aliphatic carbocycles. The minimum absolute atomic E-state index is 0.0628. The van der Waals surface area contributed by atoms with Crippen LogP contribution < -0.4 is 20.1 Å². The SMILES string of the molecule is Nc1ccc(OC2CCN(c3ccc(OC(F)(F)F)cc3)C2)c(Cl)c1. The number of rotatable bonds is 4. The molecule has 1 aliphatic rings. The normalized spacial score (nSPS) is 17.6. The zero-order valence-electron chi connectivity index (χ0n) is 13.1. The molecule has 25 heavy (non-hydrogen) atoms. The van der Waals surface area contributed by atoms with Gasteiger partial charge in [0.15, 0.2) is 0 Å². The highest BCUT2D eigenvalue weighted by Crippen LogP contribution is 2.31. The van der Waals surface area contributed by atoms with Gasteiger partial charge in [0, 0.05) is 24.3 Å². The lowest BCUT2D eigenvalue weighted by molar-refractivity contribution is -0.274. The van der Waals surface area contributed by atoms with Crippen LogP contribution in [0.4, 0.5) is 24.5 Å². The molecule has 3 rings (SSSR count). The number of nitrogen functional groups attached to an aromatic ring is 1. The third-order valence-electron chi connectivity index (χ3n) is 3.83. The van der Waals surface area contributed by atoms with Crippen LogP contribution in [0, 0.1) is 0 Å². The number of hydrogen-bond acceptors (Lipinski definition) is 4. The van der Waals surface area contributed by atoms with E-state index in [1.807, 2.05) is 4.90 Å². The van der Waals surface area contributed by atoms with Crippen molar-refractivity contribution >= 4 is 23.0 Å². The second-order valence-electron chi connectivity index (χ2n) is 5.71. The number of ether oxygens (including phenoxy) is 2. The van der Waals surface area contributed by atoms with Gasteiger partial charge >= 0.3 is 6.36 Å². The van der Waals surface area contributed by atoms with E-state index in [2.05, 4.69) is 4.74 Å². The van der Waals surface area contributed by atoms with Gasteiger partial charge in [0.1, 0.15) is 17.6 Å². The fourth-order valence-corrected chi connectivity index (χ4v) is 2.94. The van der Waals surface area contributed by atoms with E-state index in [0.717, 1.165) is 18.7 Å². The third-order valence-corrected chi connectivity index (χ3v) is 4.13. The minimum Gasteiger partial charge on any atom is -0.487 e. The van der Waals surface area contributed by atoms with Crippen molar-refractivity contribution in [3.63, 3.8) is 0 Å². The summed E-state index contributed by atoms with van der Waals surface area (Å²) in [6.45, 7) is 1.34. The van der Waals surface area contributed by atoms with Gasteiger partial charge in [-0.05, 0) is 42.5 Å². The van der Waals surface area contributed by atoms with Crippen LogP contribution in [0.3, 0.4) is 0 Å². The Morgan fingerprint density at radius 1 is 1.12 bits per heavy atom. The maximum absolute atomic E-state index is 12.2. The van der Waals surface area contributed by atoms with Crippen LogP contribution in [0.5, 0.6) is 11.5 Å². The van der Waals surface area contributed by atoms with Gasteiger partial charge in [-0.3, -0.25) is 0 Å². The molecule has 0 aromatic heterocycles. The molecule has 1 fully saturated rings. The molecule has 0 bridgehead atoms. The summed E-state index contributed by atoms with van der Waals surface area (Å²) in [6, 6.07) is 10.9. The van der Waals surface area contributed by atoms with Crippen molar-refractivity contribution in [2.24, 2.45) is 0 Å². The smallest absolute Gasteiger partial charge is 0.487 e. The predicted molar refractivity (Wildman–Crippen MR) is 90.2 cm³/mol. The Kier molecular flexibility index (Phi) is 4.85. The van der Waals surface area contributed by atoms with Crippen LogP contribution in [0.1, 0.15) is 6.42 Å². The largest absolute Gasteiger partial charge is 0.573 e. The quantitative estimate of drug-likeness (QED) is 0.804. The van der Waals surface area contributed by atoms with Crippen LogP contribution in [-0.2, 0) is 0 Å². The first-order chi connectivity index (χ1) is 11.8. The zero-order chi connectivity index (χ0) is 18.0. The molecule has 4 nitrogen and oxygen atoms in total. The Balaban J connectivity index is 1.60. The van der Waals surface area contributed by atoms with Gasteiger partial charge in [-0.2, -0.15) is 0 Å². The van der Waals surface area contributed by atoms with Gasteiger partial charge in [-0.1, -0.05) is 11.6 Å². The van der Waals surface area contributed by atoms with Crippen molar-refractivity contribution in [3.8, 4) is 11.5 Å². The Hall–Kier alpha value is -2.28. The number of nitrogens with zero attached hydrogens (tertiary/aromatic N) is 1. The standard InChI is InChI=1S/C17H16ClF3N2O2/c18-15-9-11(22)1-6-16(15)24-14-7-8-23(10-14)12-2-4-13(5-3-12)25-17(19,20)21/h1-6,9,14H,7-8,10,22H2.